The summed E-state index contributed by atoms with van der Waals surface area (Å²) in [7, 11) is 0. The lowest BCUT2D eigenvalue weighted by Crippen LogP contribution is -2.53. The molecule has 0 aromatic carbocycles. The number of likely N-dealkylation sites (tertiary alicyclic amines) is 2. The molecule has 110 valence electrons. The van der Waals surface area contributed by atoms with Gasteiger partial charge in [0.2, 0.25) is 5.91 Å². The molecule has 1 amide bonds. The summed E-state index contributed by atoms with van der Waals surface area (Å²) in [6, 6.07) is 0.790. The largest absolute Gasteiger partial charge is 0.338 e. The van der Waals surface area contributed by atoms with Crippen LogP contribution in [-0.2, 0) is 4.79 Å². The van der Waals surface area contributed by atoms with Crippen molar-refractivity contribution in [3.8, 4) is 0 Å². The summed E-state index contributed by atoms with van der Waals surface area (Å²) in [6.07, 6.45) is 4.36. The van der Waals surface area contributed by atoms with Crippen molar-refractivity contribution in [3.05, 3.63) is 0 Å². The number of nitrogens with zero attached hydrogens (tertiary/aromatic N) is 2. The third kappa shape index (κ3) is 3.11. The van der Waals surface area contributed by atoms with Crippen LogP contribution in [0.2, 0.25) is 0 Å². The predicted molar refractivity (Wildman–Crippen MR) is 77.8 cm³/mol. The Morgan fingerprint density at radius 2 is 2.05 bits per heavy atom. The molecule has 2 N–H and O–H groups in total. The summed E-state index contributed by atoms with van der Waals surface area (Å²) >= 11 is 0. The van der Waals surface area contributed by atoms with Crippen LogP contribution in [-0.4, -0.2) is 53.5 Å². The highest BCUT2D eigenvalue weighted by Crippen LogP contribution is 2.29. The van der Waals surface area contributed by atoms with Crippen molar-refractivity contribution >= 4 is 5.91 Å². The Morgan fingerprint density at radius 3 is 2.58 bits per heavy atom. The van der Waals surface area contributed by atoms with Gasteiger partial charge < -0.3 is 15.5 Å². The molecule has 0 aromatic heterocycles. The van der Waals surface area contributed by atoms with Crippen LogP contribution in [0.3, 0.4) is 0 Å². The minimum Gasteiger partial charge on any atom is -0.338 e. The normalized spacial score (nSPS) is 33.4. The van der Waals surface area contributed by atoms with Crippen LogP contribution >= 0.6 is 0 Å². The number of carbonyl (C=O) groups excluding carboxylic acids is 1. The molecule has 0 saturated carbocycles. The number of hydrogen-bond acceptors (Lipinski definition) is 3. The summed E-state index contributed by atoms with van der Waals surface area (Å²) in [4.78, 5) is 16.8. The SMILES string of the molecule is CCC[C@H]1CN(C(C)C)CC[C@@H]1N1CC[C@H](N)C1=O. The zero-order chi connectivity index (χ0) is 14.0. The Balaban J connectivity index is 2.05. The molecule has 0 radical (unpaired) electrons. The highest BCUT2D eigenvalue weighted by molar-refractivity contribution is 5.84. The third-order valence-corrected chi connectivity index (χ3v) is 4.80. The number of hydrogen-bond donors (Lipinski definition) is 1. The highest BCUT2D eigenvalue weighted by atomic mass is 16.2. The predicted octanol–water partition coefficient (Wildman–Crippen LogP) is 1.45. The van der Waals surface area contributed by atoms with Gasteiger partial charge >= 0.3 is 0 Å². The van der Waals surface area contributed by atoms with E-state index in [0.717, 1.165) is 32.5 Å². The van der Waals surface area contributed by atoms with Gasteiger partial charge in [0.05, 0.1) is 6.04 Å². The van der Waals surface area contributed by atoms with E-state index in [9.17, 15) is 4.79 Å². The van der Waals surface area contributed by atoms with E-state index in [2.05, 4.69) is 30.6 Å². The maximum Gasteiger partial charge on any atom is 0.239 e. The van der Waals surface area contributed by atoms with E-state index in [4.69, 9.17) is 5.73 Å². The van der Waals surface area contributed by atoms with Crippen molar-refractivity contribution in [3.63, 3.8) is 0 Å². The van der Waals surface area contributed by atoms with Crippen molar-refractivity contribution in [1.29, 1.82) is 0 Å². The van der Waals surface area contributed by atoms with Crippen LogP contribution in [0.4, 0.5) is 0 Å². The van der Waals surface area contributed by atoms with Gasteiger partial charge in [-0.3, -0.25) is 4.79 Å². The number of nitrogens with two attached hydrogens (primary N) is 1. The first-order valence-corrected chi connectivity index (χ1v) is 7.84. The lowest BCUT2D eigenvalue weighted by atomic mass is 9.87. The van der Waals surface area contributed by atoms with Crippen molar-refractivity contribution < 1.29 is 4.79 Å². The molecule has 4 nitrogen and oxygen atoms in total. The van der Waals surface area contributed by atoms with Gasteiger partial charge in [-0.25, -0.2) is 0 Å². The summed E-state index contributed by atoms with van der Waals surface area (Å²) in [5.74, 6) is 0.805. The van der Waals surface area contributed by atoms with Crippen molar-refractivity contribution in [2.45, 2.75) is 64.6 Å². The molecule has 0 aliphatic carbocycles. The number of piperidine rings is 1. The molecule has 3 atom stereocenters. The summed E-state index contributed by atoms with van der Waals surface area (Å²) in [5.41, 5.74) is 5.87. The average Bonchev–Trinajstić information content (AvgIpc) is 2.70. The smallest absolute Gasteiger partial charge is 0.239 e. The van der Waals surface area contributed by atoms with E-state index in [1.165, 1.54) is 12.8 Å². The fraction of sp³-hybridized carbons (Fsp3) is 0.933. The van der Waals surface area contributed by atoms with Crippen LogP contribution in [0.25, 0.3) is 0 Å². The van der Waals surface area contributed by atoms with E-state index in [0.29, 0.717) is 18.0 Å². The van der Waals surface area contributed by atoms with Gasteiger partial charge in [-0.2, -0.15) is 0 Å². The number of carbonyl (C=O) groups is 1. The van der Waals surface area contributed by atoms with Gasteiger partial charge in [0.1, 0.15) is 0 Å². The van der Waals surface area contributed by atoms with Crippen molar-refractivity contribution in [2.24, 2.45) is 11.7 Å². The van der Waals surface area contributed by atoms with Crippen molar-refractivity contribution in [2.75, 3.05) is 19.6 Å². The summed E-state index contributed by atoms with van der Waals surface area (Å²) in [5, 5.41) is 0. The number of amides is 1. The standard InChI is InChI=1S/C15H29N3O/c1-4-5-12-10-17(11(2)3)8-7-14(12)18-9-6-13(16)15(18)19/h11-14H,4-10,16H2,1-3H3/t12-,13-,14-/m0/s1. The maximum atomic E-state index is 12.2. The van der Waals surface area contributed by atoms with E-state index >= 15 is 0 Å². The molecule has 0 aromatic rings. The first kappa shape index (κ1) is 14.8. The number of rotatable bonds is 4. The quantitative estimate of drug-likeness (QED) is 0.838. The molecule has 2 aliphatic heterocycles. The van der Waals surface area contributed by atoms with Gasteiger partial charge in [-0.05, 0) is 39.0 Å². The molecule has 2 aliphatic rings. The van der Waals surface area contributed by atoms with Gasteiger partial charge in [0.15, 0.2) is 0 Å². The van der Waals surface area contributed by atoms with Gasteiger partial charge in [0.25, 0.3) is 0 Å². The van der Waals surface area contributed by atoms with Crippen LogP contribution in [0.15, 0.2) is 0 Å². The molecule has 2 saturated heterocycles. The summed E-state index contributed by atoms with van der Waals surface area (Å²) < 4.78 is 0. The van der Waals surface area contributed by atoms with Gasteiger partial charge in [-0.15, -0.1) is 0 Å². The minimum atomic E-state index is -0.245. The first-order chi connectivity index (χ1) is 9.04. The topological polar surface area (TPSA) is 49.6 Å². The van der Waals surface area contributed by atoms with Gasteiger partial charge in [-0.1, -0.05) is 13.3 Å². The third-order valence-electron chi connectivity index (χ3n) is 4.80. The highest BCUT2D eigenvalue weighted by Gasteiger charge is 2.39. The molecule has 0 unspecified atom stereocenters. The Kier molecular flexibility index (Phi) is 4.85. The Morgan fingerprint density at radius 1 is 1.32 bits per heavy atom. The van der Waals surface area contributed by atoms with Gasteiger partial charge in [0, 0.05) is 31.7 Å². The van der Waals surface area contributed by atoms with Crippen molar-refractivity contribution in [1.82, 2.24) is 9.80 Å². The minimum absolute atomic E-state index is 0.184. The second-order valence-corrected chi connectivity index (χ2v) is 6.42. The lowest BCUT2D eigenvalue weighted by Gasteiger charge is -2.44. The molecular formula is C15H29N3O. The molecule has 0 spiro atoms. The van der Waals surface area contributed by atoms with Crippen LogP contribution in [0.1, 0.15) is 46.5 Å². The lowest BCUT2D eigenvalue weighted by molar-refractivity contribution is -0.133. The van der Waals surface area contributed by atoms with E-state index in [-0.39, 0.29) is 11.9 Å². The Labute approximate surface area is 117 Å². The van der Waals surface area contributed by atoms with E-state index in [1.54, 1.807) is 0 Å². The van der Waals surface area contributed by atoms with E-state index < -0.39 is 0 Å². The summed E-state index contributed by atoms with van der Waals surface area (Å²) in [6.45, 7) is 9.88. The zero-order valence-corrected chi connectivity index (χ0v) is 12.6. The molecule has 2 rings (SSSR count). The molecule has 19 heavy (non-hydrogen) atoms. The fourth-order valence-corrected chi connectivity index (χ4v) is 3.64. The van der Waals surface area contributed by atoms with Crippen LogP contribution in [0, 0.1) is 5.92 Å². The molecule has 2 fully saturated rings. The monoisotopic (exact) mass is 267 g/mol. The second kappa shape index (κ2) is 6.23. The molecular weight excluding hydrogens is 238 g/mol. The zero-order valence-electron chi connectivity index (χ0n) is 12.6. The van der Waals surface area contributed by atoms with Crippen LogP contribution in [0.5, 0.6) is 0 Å². The second-order valence-electron chi connectivity index (χ2n) is 6.42. The van der Waals surface area contributed by atoms with Crippen LogP contribution < -0.4 is 5.73 Å². The Bertz CT molecular complexity index is 319. The fourth-order valence-electron chi connectivity index (χ4n) is 3.64. The molecule has 4 heteroatoms. The first-order valence-electron chi connectivity index (χ1n) is 7.84. The molecule has 2 heterocycles. The molecule has 0 bridgehead atoms. The van der Waals surface area contributed by atoms with E-state index in [1.807, 2.05) is 0 Å². The maximum absolute atomic E-state index is 12.2. The average molecular weight is 267 g/mol. The Hall–Kier alpha value is -0.610.